The summed E-state index contributed by atoms with van der Waals surface area (Å²) in [5.74, 6) is 2.00. The summed E-state index contributed by atoms with van der Waals surface area (Å²) < 4.78 is 46.3. The second-order valence-corrected chi connectivity index (χ2v) is 12.5. The Hall–Kier alpha value is -0.810. The van der Waals surface area contributed by atoms with E-state index in [0.717, 1.165) is 30.6 Å². The van der Waals surface area contributed by atoms with Crippen molar-refractivity contribution in [1.29, 1.82) is 0 Å². The molecule has 0 aliphatic heterocycles. The van der Waals surface area contributed by atoms with Crippen LogP contribution in [0.5, 0.6) is 5.75 Å². The van der Waals surface area contributed by atoms with Crippen LogP contribution < -0.4 is 4.74 Å². The highest BCUT2D eigenvalue weighted by Gasteiger charge is 2.51. The van der Waals surface area contributed by atoms with Crippen LogP contribution in [0.25, 0.3) is 0 Å². The topological polar surface area (TPSA) is 43.4 Å². The maximum absolute atomic E-state index is 14.7. The average molecular weight is 427 g/mol. The molecule has 3 nitrogen and oxygen atoms in total. The summed E-state index contributed by atoms with van der Waals surface area (Å²) in [5, 5.41) is -0.292. The number of hydrogen-bond donors (Lipinski definition) is 0. The lowest BCUT2D eigenvalue weighted by atomic mass is 9.50. The van der Waals surface area contributed by atoms with Crippen molar-refractivity contribution in [3.8, 4) is 5.75 Å². The number of ether oxygens (including phenoxy) is 1. The molecule has 5 aliphatic carbocycles. The van der Waals surface area contributed by atoms with Crippen LogP contribution in [0.1, 0.15) is 64.2 Å². The fraction of sp³-hybridized carbons (Fsp3) is 0.727. The molecule has 1 aromatic carbocycles. The second kappa shape index (κ2) is 6.87. The molecule has 0 atom stereocenters. The number of halogens is 2. The van der Waals surface area contributed by atoms with E-state index in [9.17, 15) is 12.8 Å². The molecule has 0 aromatic heterocycles. The fourth-order valence-electron chi connectivity index (χ4n) is 6.91. The number of benzene rings is 1. The molecule has 4 bridgehead atoms. The lowest BCUT2D eigenvalue weighted by molar-refractivity contribution is -0.0745. The van der Waals surface area contributed by atoms with Crippen molar-refractivity contribution in [3.63, 3.8) is 0 Å². The van der Waals surface area contributed by atoms with Gasteiger partial charge in [0.2, 0.25) is 0 Å². The zero-order chi connectivity index (χ0) is 19.5. The Kier molecular flexibility index (Phi) is 4.70. The van der Waals surface area contributed by atoms with E-state index >= 15 is 0 Å². The average Bonchev–Trinajstić information content (AvgIpc) is 3.16. The molecule has 0 radical (unpaired) electrons. The third-order valence-electron chi connectivity index (χ3n) is 7.73. The standard InChI is InChI=1S/C22H28ClFO3S/c23-18-8-21(28(25,26)17-3-1-2-4-17)19(24)9-20(18)27-13-22-10-14-5-15(11-22)7-16(6-14)12-22/h8-9,14-17H,1-7,10-13H2. The van der Waals surface area contributed by atoms with Gasteiger partial charge in [-0.25, -0.2) is 12.8 Å². The first-order chi connectivity index (χ1) is 13.3. The van der Waals surface area contributed by atoms with Crippen LogP contribution in [-0.2, 0) is 9.84 Å². The normalized spacial score (nSPS) is 34.9. The van der Waals surface area contributed by atoms with Gasteiger partial charge in [-0.05, 0) is 75.2 Å². The highest BCUT2D eigenvalue weighted by molar-refractivity contribution is 7.92. The molecule has 6 rings (SSSR count). The minimum atomic E-state index is -3.68. The van der Waals surface area contributed by atoms with Gasteiger partial charge in [0.1, 0.15) is 16.5 Å². The summed E-state index contributed by atoms with van der Waals surface area (Å²) in [4.78, 5) is -0.272. The van der Waals surface area contributed by atoms with E-state index < -0.39 is 20.9 Å². The molecule has 0 unspecified atom stereocenters. The molecule has 5 saturated carbocycles. The van der Waals surface area contributed by atoms with Crippen molar-refractivity contribution in [3.05, 3.63) is 23.0 Å². The van der Waals surface area contributed by atoms with Crippen molar-refractivity contribution in [2.45, 2.75) is 74.4 Å². The van der Waals surface area contributed by atoms with E-state index in [0.29, 0.717) is 19.4 Å². The molecule has 0 spiro atoms. The predicted octanol–water partition coefficient (Wildman–Crippen LogP) is 5.79. The Labute approximate surface area is 171 Å². The van der Waals surface area contributed by atoms with Gasteiger partial charge in [0.25, 0.3) is 0 Å². The Morgan fingerprint density at radius 2 is 1.61 bits per heavy atom. The first-order valence-corrected chi connectivity index (χ1v) is 12.6. The van der Waals surface area contributed by atoms with Crippen LogP contribution in [0.3, 0.4) is 0 Å². The molecule has 0 amide bonds. The molecular weight excluding hydrogens is 399 g/mol. The van der Waals surface area contributed by atoms with Gasteiger partial charge in [0, 0.05) is 11.5 Å². The van der Waals surface area contributed by atoms with Crippen molar-refractivity contribution in [2.24, 2.45) is 23.2 Å². The van der Waals surface area contributed by atoms with Crippen LogP contribution >= 0.6 is 11.6 Å². The number of sulfone groups is 1. The predicted molar refractivity (Wildman–Crippen MR) is 107 cm³/mol. The van der Waals surface area contributed by atoms with Crippen LogP contribution in [0, 0.1) is 29.0 Å². The van der Waals surface area contributed by atoms with Gasteiger partial charge in [-0.2, -0.15) is 0 Å². The minimum Gasteiger partial charge on any atom is -0.491 e. The zero-order valence-electron chi connectivity index (χ0n) is 16.1. The maximum Gasteiger partial charge on any atom is 0.184 e. The summed E-state index contributed by atoms with van der Waals surface area (Å²) in [6.45, 7) is 0.560. The molecule has 0 heterocycles. The summed E-state index contributed by atoms with van der Waals surface area (Å²) in [6, 6.07) is 2.45. The van der Waals surface area contributed by atoms with Gasteiger partial charge >= 0.3 is 0 Å². The summed E-state index contributed by atoms with van der Waals surface area (Å²) in [6.07, 6.45) is 10.7. The SMILES string of the molecule is O=S(=O)(c1cc(Cl)c(OCC23CC4CC(CC(C4)C2)C3)cc1F)C1CCCC1. The first-order valence-electron chi connectivity index (χ1n) is 10.7. The van der Waals surface area contributed by atoms with Crippen molar-refractivity contribution in [1.82, 2.24) is 0 Å². The zero-order valence-corrected chi connectivity index (χ0v) is 17.7. The van der Waals surface area contributed by atoms with Crippen molar-refractivity contribution >= 4 is 21.4 Å². The lowest BCUT2D eigenvalue weighted by Gasteiger charge is -2.56. The summed E-state index contributed by atoms with van der Waals surface area (Å²) in [5.41, 5.74) is 0.198. The molecule has 0 N–H and O–H groups in total. The Morgan fingerprint density at radius 3 is 2.18 bits per heavy atom. The van der Waals surface area contributed by atoms with E-state index in [-0.39, 0.29) is 21.1 Å². The lowest BCUT2D eigenvalue weighted by Crippen LogP contribution is -2.48. The fourth-order valence-corrected chi connectivity index (χ4v) is 9.12. The van der Waals surface area contributed by atoms with Crippen molar-refractivity contribution in [2.75, 3.05) is 6.61 Å². The third-order valence-corrected chi connectivity index (χ3v) is 10.3. The summed E-state index contributed by atoms with van der Waals surface area (Å²) in [7, 11) is -3.68. The van der Waals surface area contributed by atoms with Crippen LogP contribution in [-0.4, -0.2) is 20.3 Å². The van der Waals surface area contributed by atoms with Gasteiger partial charge in [-0.1, -0.05) is 24.4 Å². The van der Waals surface area contributed by atoms with E-state index in [2.05, 4.69) is 0 Å². The molecule has 0 saturated heterocycles. The largest absolute Gasteiger partial charge is 0.491 e. The van der Waals surface area contributed by atoms with Crippen LogP contribution in [0.4, 0.5) is 4.39 Å². The molecule has 1 aromatic rings. The number of rotatable bonds is 5. The highest BCUT2D eigenvalue weighted by Crippen LogP contribution is 2.60. The molecular formula is C22H28ClFO3S. The van der Waals surface area contributed by atoms with Gasteiger partial charge in [0.05, 0.1) is 16.9 Å². The van der Waals surface area contributed by atoms with E-state index in [1.54, 1.807) is 0 Å². The van der Waals surface area contributed by atoms with Gasteiger partial charge in [-0.15, -0.1) is 0 Å². The summed E-state index contributed by atoms with van der Waals surface area (Å²) >= 11 is 6.34. The maximum atomic E-state index is 14.7. The quantitative estimate of drug-likeness (QED) is 0.598. The van der Waals surface area contributed by atoms with E-state index in [4.69, 9.17) is 16.3 Å². The molecule has 5 fully saturated rings. The monoisotopic (exact) mass is 426 g/mol. The Morgan fingerprint density at radius 1 is 1.04 bits per heavy atom. The minimum absolute atomic E-state index is 0.197. The second-order valence-electron chi connectivity index (χ2n) is 9.87. The number of hydrogen-bond acceptors (Lipinski definition) is 3. The van der Waals surface area contributed by atoms with Crippen LogP contribution in [0.15, 0.2) is 17.0 Å². The van der Waals surface area contributed by atoms with Gasteiger partial charge < -0.3 is 4.74 Å². The van der Waals surface area contributed by atoms with Gasteiger partial charge in [0.15, 0.2) is 9.84 Å². The molecule has 6 heteroatoms. The van der Waals surface area contributed by atoms with Crippen molar-refractivity contribution < 1.29 is 17.5 Å². The van der Waals surface area contributed by atoms with E-state index in [1.165, 1.54) is 50.7 Å². The van der Waals surface area contributed by atoms with E-state index in [1.807, 2.05) is 0 Å². The first kappa shape index (κ1) is 19.2. The molecule has 28 heavy (non-hydrogen) atoms. The molecule has 154 valence electrons. The van der Waals surface area contributed by atoms with Gasteiger partial charge in [-0.3, -0.25) is 0 Å². The Balaban J connectivity index is 1.35. The Bertz CT molecular complexity index is 841. The highest BCUT2D eigenvalue weighted by atomic mass is 35.5. The smallest absolute Gasteiger partial charge is 0.184 e. The third kappa shape index (κ3) is 3.27. The molecule has 5 aliphatic rings. The van der Waals surface area contributed by atoms with Crippen LogP contribution in [0.2, 0.25) is 5.02 Å².